The number of hydrogen-bond donors (Lipinski definition) is 2. The third-order valence-electron chi connectivity index (χ3n) is 2.15. The molecule has 1 rings (SSSR count). The summed E-state index contributed by atoms with van der Waals surface area (Å²) >= 11 is 0. The first kappa shape index (κ1) is 12.4. The monoisotopic (exact) mass is 224 g/mol. The highest BCUT2D eigenvalue weighted by atomic mass is 16.5. The van der Waals surface area contributed by atoms with Gasteiger partial charge in [0.15, 0.2) is 0 Å². The minimum atomic E-state index is -1.01. The summed E-state index contributed by atoms with van der Waals surface area (Å²) in [7, 11) is 1.66. The van der Waals surface area contributed by atoms with Crippen LogP contribution in [0.5, 0.6) is 0 Å². The number of aromatic nitrogens is 1. The summed E-state index contributed by atoms with van der Waals surface area (Å²) in [5.41, 5.74) is 0.865. The summed E-state index contributed by atoms with van der Waals surface area (Å²) in [5, 5.41) is 11.9. The van der Waals surface area contributed by atoms with Crippen LogP contribution in [-0.4, -0.2) is 35.8 Å². The molecule has 0 aliphatic carbocycles. The van der Waals surface area contributed by atoms with E-state index in [9.17, 15) is 4.79 Å². The third-order valence-corrected chi connectivity index (χ3v) is 2.15. The zero-order valence-electron chi connectivity index (χ0n) is 9.43. The average molecular weight is 224 g/mol. The molecule has 0 spiro atoms. The molecule has 0 aliphatic rings. The predicted molar refractivity (Wildman–Crippen MR) is 60.8 cm³/mol. The molecule has 5 heteroatoms. The second-order valence-electron chi connectivity index (χ2n) is 3.56. The molecular weight excluding hydrogens is 208 g/mol. The standard InChI is InChI=1S/C11H16N2O3/c1-8(5-6-16-2)13-9-3-4-10(11(14)15)12-7-9/h3-4,7-8,13H,5-6H2,1-2H3,(H,14,15). The highest BCUT2D eigenvalue weighted by Crippen LogP contribution is 2.09. The number of carboxylic acids is 1. The molecule has 1 aromatic rings. The van der Waals surface area contributed by atoms with Crippen molar-refractivity contribution >= 4 is 11.7 Å². The van der Waals surface area contributed by atoms with E-state index >= 15 is 0 Å². The summed E-state index contributed by atoms with van der Waals surface area (Å²) in [6.45, 7) is 2.72. The van der Waals surface area contributed by atoms with Gasteiger partial charge in [0, 0.05) is 19.8 Å². The Morgan fingerprint density at radius 1 is 1.62 bits per heavy atom. The van der Waals surface area contributed by atoms with Crippen molar-refractivity contribution in [3.63, 3.8) is 0 Å². The first-order valence-corrected chi connectivity index (χ1v) is 5.08. The molecule has 0 saturated carbocycles. The number of rotatable bonds is 6. The van der Waals surface area contributed by atoms with Crippen molar-refractivity contribution in [1.29, 1.82) is 0 Å². The van der Waals surface area contributed by atoms with Gasteiger partial charge in [0.1, 0.15) is 5.69 Å². The predicted octanol–water partition coefficient (Wildman–Crippen LogP) is 1.62. The molecule has 2 N–H and O–H groups in total. The average Bonchev–Trinajstić information content (AvgIpc) is 2.27. The minimum absolute atomic E-state index is 0.0510. The summed E-state index contributed by atoms with van der Waals surface area (Å²) in [5.74, 6) is -1.01. The Morgan fingerprint density at radius 3 is 2.88 bits per heavy atom. The number of nitrogens with one attached hydrogen (secondary N) is 1. The lowest BCUT2D eigenvalue weighted by molar-refractivity contribution is 0.0690. The molecule has 0 saturated heterocycles. The lowest BCUT2D eigenvalue weighted by atomic mass is 10.2. The Morgan fingerprint density at radius 2 is 2.38 bits per heavy atom. The lowest BCUT2D eigenvalue weighted by Gasteiger charge is -2.14. The van der Waals surface area contributed by atoms with Crippen LogP contribution >= 0.6 is 0 Å². The zero-order chi connectivity index (χ0) is 12.0. The van der Waals surface area contributed by atoms with Gasteiger partial charge in [-0.25, -0.2) is 9.78 Å². The second-order valence-corrected chi connectivity index (χ2v) is 3.56. The highest BCUT2D eigenvalue weighted by Gasteiger charge is 2.05. The minimum Gasteiger partial charge on any atom is -0.477 e. The smallest absolute Gasteiger partial charge is 0.354 e. The van der Waals surface area contributed by atoms with E-state index in [1.165, 1.54) is 12.3 Å². The van der Waals surface area contributed by atoms with Gasteiger partial charge in [0.05, 0.1) is 11.9 Å². The van der Waals surface area contributed by atoms with Crippen molar-refractivity contribution in [3.8, 4) is 0 Å². The molecule has 1 atom stereocenters. The van der Waals surface area contributed by atoms with Gasteiger partial charge in [-0.1, -0.05) is 0 Å². The second kappa shape index (κ2) is 6.07. The van der Waals surface area contributed by atoms with Crippen LogP contribution in [0, 0.1) is 0 Å². The van der Waals surface area contributed by atoms with Gasteiger partial charge in [-0.05, 0) is 25.5 Å². The number of methoxy groups -OCH3 is 1. The molecule has 0 bridgehead atoms. The number of ether oxygens (including phenoxy) is 1. The zero-order valence-corrected chi connectivity index (χ0v) is 9.43. The van der Waals surface area contributed by atoms with Crippen LogP contribution in [0.1, 0.15) is 23.8 Å². The Labute approximate surface area is 94.5 Å². The lowest BCUT2D eigenvalue weighted by Crippen LogP contribution is -2.17. The number of pyridine rings is 1. The van der Waals surface area contributed by atoms with Crippen molar-refractivity contribution in [3.05, 3.63) is 24.0 Å². The molecule has 0 amide bonds. The normalized spacial score (nSPS) is 12.1. The van der Waals surface area contributed by atoms with Gasteiger partial charge in [-0.3, -0.25) is 0 Å². The molecule has 0 fully saturated rings. The Kier molecular flexibility index (Phi) is 4.72. The van der Waals surface area contributed by atoms with Crippen molar-refractivity contribution in [2.24, 2.45) is 0 Å². The number of carboxylic acid groups (broad SMARTS) is 1. The molecule has 88 valence electrons. The SMILES string of the molecule is COCCC(C)Nc1ccc(C(=O)O)nc1. The molecule has 5 nitrogen and oxygen atoms in total. The van der Waals surface area contributed by atoms with Crippen molar-refractivity contribution in [1.82, 2.24) is 4.98 Å². The Hall–Kier alpha value is -1.62. The summed E-state index contributed by atoms with van der Waals surface area (Å²) < 4.78 is 4.97. The van der Waals surface area contributed by atoms with Crippen LogP contribution in [0.25, 0.3) is 0 Å². The summed E-state index contributed by atoms with van der Waals surface area (Å²) in [4.78, 5) is 14.4. The number of anilines is 1. The molecule has 0 aliphatic heterocycles. The number of hydrogen-bond acceptors (Lipinski definition) is 4. The van der Waals surface area contributed by atoms with Crippen LogP contribution in [0.3, 0.4) is 0 Å². The number of carbonyl (C=O) groups is 1. The molecule has 1 aromatic heterocycles. The maximum Gasteiger partial charge on any atom is 0.354 e. The molecule has 0 aromatic carbocycles. The van der Waals surface area contributed by atoms with Gasteiger partial charge < -0.3 is 15.2 Å². The first-order valence-electron chi connectivity index (χ1n) is 5.08. The quantitative estimate of drug-likeness (QED) is 0.768. The van der Waals surface area contributed by atoms with Crippen molar-refractivity contribution < 1.29 is 14.6 Å². The Balaban J connectivity index is 2.51. The van der Waals surface area contributed by atoms with E-state index in [1.54, 1.807) is 13.2 Å². The fourth-order valence-electron chi connectivity index (χ4n) is 1.26. The molecular formula is C11H16N2O3. The maximum absolute atomic E-state index is 10.6. The van der Waals surface area contributed by atoms with E-state index < -0.39 is 5.97 Å². The van der Waals surface area contributed by atoms with Crippen LogP contribution in [0.15, 0.2) is 18.3 Å². The van der Waals surface area contributed by atoms with Gasteiger partial charge in [-0.15, -0.1) is 0 Å². The number of nitrogens with zero attached hydrogens (tertiary/aromatic N) is 1. The van der Waals surface area contributed by atoms with E-state index in [4.69, 9.17) is 9.84 Å². The van der Waals surface area contributed by atoms with Crippen LogP contribution in [-0.2, 0) is 4.74 Å². The largest absolute Gasteiger partial charge is 0.477 e. The fourth-order valence-corrected chi connectivity index (χ4v) is 1.26. The van der Waals surface area contributed by atoms with E-state index in [0.717, 1.165) is 12.1 Å². The number of aromatic carboxylic acids is 1. The molecule has 0 radical (unpaired) electrons. The van der Waals surface area contributed by atoms with E-state index in [0.29, 0.717) is 6.61 Å². The third kappa shape index (κ3) is 3.86. The van der Waals surface area contributed by atoms with E-state index in [-0.39, 0.29) is 11.7 Å². The molecule has 1 unspecified atom stereocenters. The van der Waals surface area contributed by atoms with Gasteiger partial charge >= 0.3 is 5.97 Å². The molecule has 16 heavy (non-hydrogen) atoms. The van der Waals surface area contributed by atoms with E-state index in [2.05, 4.69) is 10.3 Å². The van der Waals surface area contributed by atoms with Gasteiger partial charge in [0.25, 0.3) is 0 Å². The van der Waals surface area contributed by atoms with Gasteiger partial charge in [0.2, 0.25) is 0 Å². The summed E-state index contributed by atoms with van der Waals surface area (Å²) in [6, 6.07) is 3.45. The maximum atomic E-state index is 10.6. The van der Waals surface area contributed by atoms with Crippen molar-refractivity contribution in [2.45, 2.75) is 19.4 Å². The van der Waals surface area contributed by atoms with Crippen molar-refractivity contribution in [2.75, 3.05) is 19.0 Å². The highest BCUT2D eigenvalue weighted by molar-refractivity contribution is 5.85. The first-order chi connectivity index (χ1) is 7.63. The Bertz CT molecular complexity index is 338. The van der Waals surface area contributed by atoms with Gasteiger partial charge in [-0.2, -0.15) is 0 Å². The van der Waals surface area contributed by atoms with E-state index in [1.807, 2.05) is 6.92 Å². The van der Waals surface area contributed by atoms with Crippen LogP contribution in [0.4, 0.5) is 5.69 Å². The topological polar surface area (TPSA) is 71.5 Å². The van der Waals surface area contributed by atoms with Crippen LogP contribution in [0.2, 0.25) is 0 Å². The fraction of sp³-hybridized carbons (Fsp3) is 0.455. The molecule has 1 heterocycles. The summed E-state index contributed by atoms with van der Waals surface area (Å²) in [6.07, 6.45) is 2.41. The van der Waals surface area contributed by atoms with Crippen LogP contribution < -0.4 is 5.32 Å².